The number of aromatic nitrogens is 1. The molecule has 0 amide bonds. The van der Waals surface area contributed by atoms with Crippen LogP contribution in [0.3, 0.4) is 0 Å². The molecule has 0 spiro atoms. The van der Waals surface area contributed by atoms with Gasteiger partial charge >= 0.3 is 0 Å². The first-order chi connectivity index (χ1) is 7.86. The minimum Gasteiger partial charge on any atom is -0.444 e. The van der Waals surface area contributed by atoms with Gasteiger partial charge in [0, 0.05) is 17.0 Å². The molecule has 0 aliphatic heterocycles. The van der Waals surface area contributed by atoms with Crippen LogP contribution in [0, 0.1) is 0 Å². The van der Waals surface area contributed by atoms with Gasteiger partial charge in [0.05, 0.1) is 5.69 Å². The number of benzene rings is 1. The van der Waals surface area contributed by atoms with E-state index in [0.717, 1.165) is 17.5 Å². The summed E-state index contributed by atoms with van der Waals surface area (Å²) < 4.78 is 5.43. The third kappa shape index (κ3) is 1.65. The van der Waals surface area contributed by atoms with Gasteiger partial charge in [0.2, 0.25) is 5.89 Å². The van der Waals surface area contributed by atoms with Crippen molar-refractivity contribution in [1.82, 2.24) is 4.98 Å². The number of nitrogens with zero attached hydrogens (tertiary/aromatic N) is 1. The molecule has 0 N–H and O–H groups in total. The summed E-state index contributed by atoms with van der Waals surface area (Å²) in [5.41, 5.74) is 2.63. The van der Waals surface area contributed by atoms with Gasteiger partial charge in [-0.1, -0.05) is 12.1 Å². The maximum atomic E-state index is 10.5. The van der Waals surface area contributed by atoms with Crippen LogP contribution in [0.1, 0.15) is 34.8 Å². The Balaban J connectivity index is 1.91. The lowest BCUT2D eigenvalue weighted by atomic mass is 10.1. The molecule has 0 bridgehead atoms. The topological polar surface area (TPSA) is 43.1 Å². The van der Waals surface area contributed by atoms with E-state index < -0.39 is 0 Å². The van der Waals surface area contributed by atoms with E-state index in [9.17, 15) is 4.79 Å². The van der Waals surface area contributed by atoms with Gasteiger partial charge in [-0.3, -0.25) is 4.79 Å². The third-order valence-corrected chi connectivity index (χ3v) is 2.81. The zero-order valence-corrected chi connectivity index (χ0v) is 8.72. The molecule has 2 aromatic rings. The second-order valence-electron chi connectivity index (χ2n) is 4.09. The minimum atomic E-state index is 0.603. The summed E-state index contributed by atoms with van der Waals surface area (Å²) in [6.07, 6.45) is 5.00. The van der Waals surface area contributed by atoms with E-state index in [2.05, 4.69) is 4.98 Å². The van der Waals surface area contributed by atoms with Crippen LogP contribution in [0.25, 0.3) is 11.5 Å². The largest absolute Gasteiger partial charge is 0.444 e. The highest BCUT2D eigenvalue weighted by molar-refractivity contribution is 5.75. The predicted octanol–water partition coefficient (Wildman–Crippen LogP) is 3.03. The van der Waals surface area contributed by atoms with Crippen molar-refractivity contribution in [2.45, 2.75) is 18.8 Å². The number of hydrogen-bond acceptors (Lipinski definition) is 3. The first kappa shape index (κ1) is 9.33. The summed E-state index contributed by atoms with van der Waals surface area (Å²) in [6.45, 7) is 0. The number of hydrogen-bond donors (Lipinski definition) is 0. The van der Waals surface area contributed by atoms with Gasteiger partial charge in [0.25, 0.3) is 0 Å². The zero-order valence-electron chi connectivity index (χ0n) is 8.72. The molecule has 3 nitrogen and oxygen atoms in total. The predicted molar refractivity (Wildman–Crippen MR) is 59.3 cm³/mol. The molecular formula is C13H11NO2. The highest BCUT2D eigenvalue weighted by Gasteiger charge is 2.26. The molecule has 1 aromatic heterocycles. The van der Waals surface area contributed by atoms with Crippen molar-refractivity contribution in [3.63, 3.8) is 0 Å². The SMILES string of the molecule is O=Cc1ccc(-c2nc(C3CC3)co2)cc1. The van der Waals surface area contributed by atoms with Crippen molar-refractivity contribution in [1.29, 1.82) is 0 Å². The Morgan fingerprint density at radius 1 is 1.25 bits per heavy atom. The molecule has 1 aliphatic rings. The summed E-state index contributed by atoms with van der Waals surface area (Å²) in [5.74, 6) is 1.24. The maximum absolute atomic E-state index is 10.5. The Morgan fingerprint density at radius 2 is 2.00 bits per heavy atom. The fourth-order valence-electron chi connectivity index (χ4n) is 1.69. The fourth-order valence-corrected chi connectivity index (χ4v) is 1.69. The van der Waals surface area contributed by atoms with E-state index in [-0.39, 0.29) is 0 Å². The van der Waals surface area contributed by atoms with Gasteiger partial charge < -0.3 is 4.42 Å². The second kappa shape index (κ2) is 3.59. The lowest BCUT2D eigenvalue weighted by molar-refractivity contribution is 0.112. The van der Waals surface area contributed by atoms with Gasteiger partial charge in [0.1, 0.15) is 12.5 Å². The van der Waals surface area contributed by atoms with Crippen LogP contribution >= 0.6 is 0 Å². The number of oxazole rings is 1. The van der Waals surface area contributed by atoms with Crippen LogP contribution in [-0.2, 0) is 0 Å². The summed E-state index contributed by atoms with van der Waals surface area (Å²) in [4.78, 5) is 15.0. The van der Waals surface area contributed by atoms with Crippen LogP contribution < -0.4 is 0 Å². The first-order valence-electron chi connectivity index (χ1n) is 5.38. The van der Waals surface area contributed by atoms with Crippen molar-refractivity contribution >= 4 is 6.29 Å². The molecule has 1 saturated carbocycles. The Morgan fingerprint density at radius 3 is 2.62 bits per heavy atom. The molecule has 1 aromatic carbocycles. The molecule has 0 unspecified atom stereocenters. The second-order valence-corrected chi connectivity index (χ2v) is 4.09. The molecule has 0 radical (unpaired) electrons. The van der Waals surface area contributed by atoms with Crippen molar-refractivity contribution in [2.75, 3.05) is 0 Å². The van der Waals surface area contributed by atoms with Gasteiger partial charge in [0.15, 0.2) is 0 Å². The summed E-state index contributed by atoms with van der Waals surface area (Å²) in [5, 5.41) is 0. The van der Waals surface area contributed by atoms with E-state index >= 15 is 0 Å². The number of carbonyl (C=O) groups excluding carboxylic acids is 1. The lowest BCUT2D eigenvalue weighted by Gasteiger charge is -1.94. The quantitative estimate of drug-likeness (QED) is 0.736. The molecule has 0 atom stereocenters. The van der Waals surface area contributed by atoms with Crippen molar-refractivity contribution < 1.29 is 9.21 Å². The van der Waals surface area contributed by atoms with Crippen LogP contribution in [0.2, 0.25) is 0 Å². The smallest absolute Gasteiger partial charge is 0.226 e. The Bertz CT molecular complexity index is 509. The lowest BCUT2D eigenvalue weighted by Crippen LogP contribution is -1.82. The van der Waals surface area contributed by atoms with E-state index in [0.29, 0.717) is 17.4 Å². The average Bonchev–Trinajstić information content (AvgIpc) is 3.08. The van der Waals surface area contributed by atoms with E-state index in [4.69, 9.17) is 4.42 Å². The van der Waals surface area contributed by atoms with Crippen LogP contribution in [0.15, 0.2) is 34.9 Å². The van der Waals surface area contributed by atoms with E-state index in [1.165, 1.54) is 12.8 Å². The molecule has 1 heterocycles. The molecule has 3 rings (SSSR count). The van der Waals surface area contributed by atoms with E-state index in [1.807, 2.05) is 12.1 Å². The molecule has 3 heteroatoms. The Kier molecular flexibility index (Phi) is 2.10. The van der Waals surface area contributed by atoms with E-state index in [1.54, 1.807) is 18.4 Å². The molecular weight excluding hydrogens is 202 g/mol. The summed E-state index contributed by atoms with van der Waals surface area (Å²) in [7, 11) is 0. The fraction of sp³-hybridized carbons (Fsp3) is 0.231. The van der Waals surface area contributed by atoms with Crippen molar-refractivity contribution in [3.05, 3.63) is 41.8 Å². The van der Waals surface area contributed by atoms with Crippen LogP contribution in [0.4, 0.5) is 0 Å². The molecule has 1 fully saturated rings. The highest BCUT2D eigenvalue weighted by Crippen LogP contribution is 2.40. The van der Waals surface area contributed by atoms with Gasteiger partial charge in [-0.2, -0.15) is 0 Å². The standard InChI is InChI=1S/C13H11NO2/c15-7-9-1-3-11(4-2-9)13-14-12(8-16-13)10-5-6-10/h1-4,7-8,10H,5-6H2. The summed E-state index contributed by atoms with van der Waals surface area (Å²) >= 11 is 0. The van der Waals surface area contributed by atoms with Crippen molar-refractivity contribution in [3.8, 4) is 11.5 Å². The highest BCUT2D eigenvalue weighted by atomic mass is 16.3. The first-order valence-corrected chi connectivity index (χ1v) is 5.38. The number of rotatable bonds is 3. The normalized spacial score (nSPS) is 15.0. The average molecular weight is 213 g/mol. The Labute approximate surface area is 93.1 Å². The molecule has 0 saturated heterocycles. The van der Waals surface area contributed by atoms with Gasteiger partial charge in [-0.15, -0.1) is 0 Å². The van der Waals surface area contributed by atoms with Crippen LogP contribution in [0.5, 0.6) is 0 Å². The zero-order chi connectivity index (χ0) is 11.0. The van der Waals surface area contributed by atoms with Gasteiger partial charge in [-0.05, 0) is 25.0 Å². The molecule has 1 aliphatic carbocycles. The number of carbonyl (C=O) groups is 1. The maximum Gasteiger partial charge on any atom is 0.226 e. The third-order valence-electron chi connectivity index (χ3n) is 2.81. The number of aldehydes is 1. The van der Waals surface area contributed by atoms with Gasteiger partial charge in [-0.25, -0.2) is 4.98 Å². The summed E-state index contributed by atoms with van der Waals surface area (Å²) in [6, 6.07) is 7.24. The monoisotopic (exact) mass is 213 g/mol. The molecule has 16 heavy (non-hydrogen) atoms. The minimum absolute atomic E-state index is 0.603. The van der Waals surface area contributed by atoms with Crippen LogP contribution in [-0.4, -0.2) is 11.3 Å². The Hall–Kier alpha value is -1.90. The molecule has 80 valence electrons. The van der Waals surface area contributed by atoms with Crippen molar-refractivity contribution in [2.24, 2.45) is 0 Å².